The summed E-state index contributed by atoms with van der Waals surface area (Å²) in [5.74, 6) is 0.520. The van der Waals surface area contributed by atoms with Gasteiger partial charge in [-0.25, -0.2) is 0 Å². The Balaban J connectivity index is 3.20. The van der Waals surface area contributed by atoms with Gasteiger partial charge in [-0.3, -0.25) is 0 Å². The summed E-state index contributed by atoms with van der Waals surface area (Å²) in [5, 5.41) is 8.46. The Labute approximate surface area is 86.8 Å². The van der Waals surface area contributed by atoms with Crippen molar-refractivity contribution in [3.63, 3.8) is 0 Å². The summed E-state index contributed by atoms with van der Waals surface area (Å²) in [6, 6.07) is 2.19. The van der Waals surface area contributed by atoms with Crippen LogP contribution >= 0.6 is 0 Å². The highest BCUT2D eigenvalue weighted by atomic mass is 15.1. The molecule has 0 aliphatic rings. The minimum atomic E-state index is 0.0876. The zero-order valence-electron chi connectivity index (χ0n) is 10.0. The molecule has 0 aromatic carbocycles. The fourth-order valence-electron chi connectivity index (χ4n) is 1.42. The molecule has 2 heteroatoms. The molecule has 0 bridgehead atoms. The summed E-state index contributed by atoms with van der Waals surface area (Å²) in [6.07, 6.45) is 0. The zero-order valence-corrected chi connectivity index (χ0v) is 10.0. The SMILES string of the molecule is Cc1nnc(C(C)(C)C)cc1C(C)C. The molecule has 0 aliphatic carbocycles. The maximum atomic E-state index is 4.24. The van der Waals surface area contributed by atoms with Crippen molar-refractivity contribution in [2.75, 3.05) is 0 Å². The topological polar surface area (TPSA) is 25.8 Å². The van der Waals surface area contributed by atoms with Crippen LogP contribution in [-0.2, 0) is 5.41 Å². The Hall–Kier alpha value is -0.920. The van der Waals surface area contributed by atoms with Crippen molar-refractivity contribution in [2.45, 2.75) is 52.9 Å². The molecule has 1 heterocycles. The molecule has 0 saturated heterocycles. The first-order valence-electron chi connectivity index (χ1n) is 5.17. The number of aryl methyl sites for hydroxylation is 1. The largest absolute Gasteiger partial charge is 0.155 e. The minimum absolute atomic E-state index is 0.0876. The summed E-state index contributed by atoms with van der Waals surface area (Å²) >= 11 is 0. The molecule has 1 aromatic rings. The smallest absolute Gasteiger partial charge is 0.0687 e. The van der Waals surface area contributed by atoms with Crippen molar-refractivity contribution >= 4 is 0 Å². The third-order valence-corrected chi connectivity index (χ3v) is 2.41. The predicted molar refractivity (Wildman–Crippen MR) is 59.6 cm³/mol. The summed E-state index contributed by atoms with van der Waals surface area (Å²) in [5.41, 5.74) is 3.52. The molecule has 2 nitrogen and oxygen atoms in total. The van der Waals surface area contributed by atoms with Crippen LogP contribution < -0.4 is 0 Å². The van der Waals surface area contributed by atoms with E-state index < -0.39 is 0 Å². The molecule has 0 radical (unpaired) electrons. The second-order valence-corrected chi connectivity index (χ2v) is 5.18. The van der Waals surface area contributed by atoms with Gasteiger partial charge in [0.05, 0.1) is 11.4 Å². The first-order chi connectivity index (χ1) is 6.32. The Morgan fingerprint density at radius 3 is 2.14 bits per heavy atom. The molecule has 0 aliphatic heterocycles. The fourth-order valence-corrected chi connectivity index (χ4v) is 1.42. The lowest BCUT2D eigenvalue weighted by Gasteiger charge is -2.19. The van der Waals surface area contributed by atoms with E-state index in [1.807, 2.05) is 6.92 Å². The van der Waals surface area contributed by atoms with Crippen LogP contribution in [-0.4, -0.2) is 10.2 Å². The van der Waals surface area contributed by atoms with E-state index in [-0.39, 0.29) is 5.41 Å². The van der Waals surface area contributed by atoms with E-state index >= 15 is 0 Å². The van der Waals surface area contributed by atoms with Gasteiger partial charge in [0.25, 0.3) is 0 Å². The highest BCUT2D eigenvalue weighted by molar-refractivity contribution is 5.26. The third-order valence-electron chi connectivity index (χ3n) is 2.41. The molecular weight excluding hydrogens is 172 g/mol. The van der Waals surface area contributed by atoms with Crippen LogP contribution in [0.1, 0.15) is 57.5 Å². The van der Waals surface area contributed by atoms with Crippen LogP contribution in [0, 0.1) is 6.92 Å². The molecule has 0 saturated carbocycles. The fraction of sp³-hybridized carbons (Fsp3) is 0.667. The molecule has 0 fully saturated rings. The van der Waals surface area contributed by atoms with E-state index in [0.29, 0.717) is 5.92 Å². The van der Waals surface area contributed by atoms with Gasteiger partial charge in [-0.05, 0) is 24.5 Å². The maximum absolute atomic E-state index is 4.24. The van der Waals surface area contributed by atoms with Crippen molar-refractivity contribution in [1.82, 2.24) is 10.2 Å². The molecular formula is C12H20N2. The lowest BCUT2D eigenvalue weighted by atomic mass is 9.89. The molecule has 0 amide bonds. The van der Waals surface area contributed by atoms with Gasteiger partial charge >= 0.3 is 0 Å². The minimum Gasteiger partial charge on any atom is -0.155 e. The number of hydrogen-bond acceptors (Lipinski definition) is 2. The second kappa shape index (κ2) is 3.68. The van der Waals surface area contributed by atoms with Crippen LogP contribution in [0.15, 0.2) is 6.07 Å². The van der Waals surface area contributed by atoms with Crippen LogP contribution in [0.3, 0.4) is 0 Å². The summed E-state index contributed by atoms with van der Waals surface area (Å²) < 4.78 is 0. The van der Waals surface area contributed by atoms with E-state index in [1.165, 1.54) is 5.56 Å². The van der Waals surface area contributed by atoms with Gasteiger partial charge in [0, 0.05) is 5.41 Å². The number of nitrogens with zero attached hydrogens (tertiary/aromatic N) is 2. The van der Waals surface area contributed by atoms with Crippen molar-refractivity contribution in [3.05, 3.63) is 23.0 Å². The molecule has 1 aromatic heterocycles. The molecule has 0 unspecified atom stereocenters. The van der Waals surface area contributed by atoms with Gasteiger partial charge in [0.15, 0.2) is 0 Å². The van der Waals surface area contributed by atoms with E-state index in [9.17, 15) is 0 Å². The van der Waals surface area contributed by atoms with Gasteiger partial charge in [-0.1, -0.05) is 34.6 Å². The van der Waals surface area contributed by atoms with Crippen LogP contribution in [0.5, 0.6) is 0 Å². The normalized spacial score (nSPS) is 12.2. The molecule has 1 rings (SSSR count). The monoisotopic (exact) mass is 192 g/mol. The molecule has 0 atom stereocenters. The van der Waals surface area contributed by atoms with Gasteiger partial charge in [0.2, 0.25) is 0 Å². The Bertz CT molecular complexity index is 322. The molecule has 0 N–H and O–H groups in total. The van der Waals surface area contributed by atoms with Crippen LogP contribution in [0.4, 0.5) is 0 Å². The Morgan fingerprint density at radius 2 is 1.71 bits per heavy atom. The first-order valence-corrected chi connectivity index (χ1v) is 5.17. The van der Waals surface area contributed by atoms with Crippen molar-refractivity contribution in [3.8, 4) is 0 Å². The van der Waals surface area contributed by atoms with Crippen LogP contribution in [0.2, 0.25) is 0 Å². The highest BCUT2D eigenvalue weighted by Gasteiger charge is 2.18. The second-order valence-electron chi connectivity index (χ2n) is 5.18. The van der Waals surface area contributed by atoms with E-state index in [2.05, 4.69) is 50.9 Å². The lowest BCUT2D eigenvalue weighted by Crippen LogP contribution is -2.16. The van der Waals surface area contributed by atoms with Gasteiger partial charge in [-0.15, -0.1) is 0 Å². The first kappa shape index (κ1) is 11.2. The lowest BCUT2D eigenvalue weighted by molar-refractivity contribution is 0.553. The van der Waals surface area contributed by atoms with E-state index in [4.69, 9.17) is 0 Å². The standard InChI is InChI=1S/C12H20N2/c1-8(2)10-7-11(12(4,5)6)14-13-9(10)3/h7-8H,1-6H3. The zero-order chi connectivity index (χ0) is 10.9. The van der Waals surface area contributed by atoms with E-state index in [0.717, 1.165) is 11.4 Å². The Morgan fingerprint density at radius 1 is 1.14 bits per heavy atom. The summed E-state index contributed by atoms with van der Waals surface area (Å²) in [4.78, 5) is 0. The van der Waals surface area contributed by atoms with E-state index in [1.54, 1.807) is 0 Å². The quantitative estimate of drug-likeness (QED) is 0.683. The number of aromatic nitrogens is 2. The summed E-state index contributed by atoms with van der Waals surface area (Å²) in [7, 11) is 0. The number of hydrogen-bond donors (Lipinski definition) is 0. The molecule has 78 valence electrons. The molecule has 0 spiro atoms. The van der Waals surface area contributed by atoms with Gasteiger partial charge < -0.3 is 0 Å². The van der Waals surface area contributed by atoms with Gasteiger partial charge in [-0.2, -0.15) is 10.2 Å². The van der Waals surface area contributed by atoms with Crippen molar-refractivity contribution in [2.24, 2.45) is 0 Å². The third kappa shape index (κ3) is 2.31. The number of rotatable bonds is 1. The average molecular weight is 192 g/mol. The van der Waals surface area contributed by atoms with Crippen molar-refractivity contribution in [1.29, 1.82) is 0 Å². The molecule has 14 heavy (non-hydrogen) atoms. The Kier molecular flexibility index (Phi) is 2.93. The van der Waals surface area contributed by atoms with Crippen LogP contribution in [0.25, 0.3) is 0 Å². The van der Waals surface area contributed by atoms with Gasteiger partial charge in [0.1, 0.15) is 0 Å². The highest BCUT2D eigenvalue weighted by Crippen LogP contribution is 2.24. The average Bonchev–Trinajstić information content (AvgIpc) is 2.02. The maximum Gasteiger partial charge on any atom is 0.0687 e. The van der Waals surface area contributed by atoms with Crippen molar-refractivity contribution < 1.29 is 0 Å². The summed E-state index contributed by atoms with van der Waals surface area (Å²) in [6.45, 7) is 12.9. The predicted octanol–water partition coefficient (Wildman–Crippen LogP) is 3.21.